The topological polar surface area (TPSA) is 84.2 Å². The predicted molar refractivity (Wildman–Crippen MR) is 146 cm³/mol. The second-order valence-electron chi connectivity index (χ2n) is 9.91. The van der Waals surface area contributed by atoms with Crippen molar-refractivity contribution in [1.29, 1.82) is 0 Å². The molecule has 3 aromatic rings. The Morgan fingerprint density at radius 1 is 1.05 bits per heavy atom. The van der Waals surface area contributed by atoms with Gasteiger partial charge in [0, 0.05) is 24.8 Å². The van der Waals surface area contributed by atoms with Gasteiger partial charge in [-0.1, -0.05) is 31.0 Å². The number of morpholine rings is 1. The summed E-state index contributed by atoms with van der Waals surface area (Å²) in [5.74, 6) is 0.0125. The minimum Gasteiger partial charge on any atom is -0.495 e. The molecule has 2 amide bonds. The van der Waals surface area contributed by atoms with E-state index in [9.17, 15) is 9.59 Å². The lowest BCUT2D eigenvalue weighted by molar-refractivity contribution is -0.123. The Hall–Kier alpha value is -3.78. The highest BCUT2D eigenvalue weighted by atomic mass is 16.5. The van der Waals surface area contributed by atoms with E-state index in [2.05, 4.69) is 10.2 Å². The van der Waals surface area contributed by atoms with Crippen LogP contribution in [0.4, 0.5) is 11.4 Å². The molecule has 8 heteroatoms. The highest BCUT2D eigenvalue weighted by Gasteiger charge is 2.37. The number of hydrogen-bond donors (Lipinski definition) is 1. The average Bonchev–Trinajstić information content (AvgIpc) is 3.67. The lowest BCUT2D eigenvalue weighted by Crippen LogP contribution is -2.46. The number of amides is 2. The number of ether oxygens (including phenoxy) is 2. The first-order valence-electron chi connectivity index (χ1n) is 13.3. The van der Waals surface area contributed by atoms with Gasteiger partial charge >= 0.3 is 0 Å². The standard InChI is InChI=1S/C30H35N3O5/c1-21-9-14-26(36-2)25(20-21)33(30(35)27-8-5-17-38-27)28(29(34)31-23-6-3-4-7-23)22-10-12-24(13-11-22)32-15-18-37-19-16-32/h5,8-14,17,20,23,28H,3-4,6-7,15-16,18-19H2,1-2H3,(H,31,34)/t28-/m0/s1. The van der Waals surface area contributed by atoms with Crippen LogP contribution in [0.5, 0.6) is 5.75 Å². The highest BCUT2D eigenvalue weighted by molar-refractivity contribution is 6.09. The van der Waals surface area contributed by atoms with Crippen molar-refractivity contribution >= 4 is 23.2 Å². The first-order valence-corrected chi connectivity index (χ1v) is 13.3. The average molecular weight is 518 g/mol. The number of carbonyl (C=O) groups excluding carboxylic acids is 2. The van der Waals surface area contributed by atoms with Gasteiger partial charge in [-0.15, -0.1) is 0 Å². The largest absolute Gasteiger partial charge is 0.495 e. The fourth-order valence-corrected chi connectivity index (χ4v) is 5.33. The predicted octanol–water partition coefficient (Wildman–Crippen LogP) is 4.88. The maximum atomic E-state index is 14.1. The van der Waals surface area contributed by atoms with Crippen molar-refractivity contribution in [2.24, 2.45) is 0 Å². The molecular weight excluding hydrogens is 482 g/mol. The van der Waals surface area contributed by atoms with Crippen molar-refractivity contribution in [3.8, 4) is 5.75 Å². The Morgan fingerprint density at radius 2 is 1.79 bits per heavy atom. The Labute approximate surface area is 223 Å². The molecule has 0 radical (unpaired) electrons. The summed E-state index contributed by atoms with van der Waals surface area (Å²) < 4.78 is 16.7. The van der Waals surface area contributed by atoms with Gasteiger partial charge in [-0.3, -0.25) is 14.5 Å². The smallest absolute Gasteiger partial charge is 0.295 e. The van der Waals surface area contributed by atoms with Gasteiger partial charge in [-0.2, -0.15) is 0 Å². The minimum atomic E-state index is -0.928. The van der Waals surface area contributed by atoms with E-state index in [4.69, 9.17) is 13.9 Å². The van der Waals surface area contributed by atoms with E-state index < -0.39 is 11.9 Å². The molecule has 1 aliphatic heterocycles. The normalized spacial score (nSPS) is 16.7. The Morgan fingerprint density at radius 3 is 2.45 bits per heavy atom. The van der Waals surface area contributed by atoms with Crippen molar-refractivity contribution in [3.05, 3.63) is 77.7 Å². The van der Waals surface area contributed by atoms with Crippen molar-refractivity contribution in [3.63, 3.8) is 0 Å². The molecule has 2 fully saturated rings. The molecule has 2 heterocycles. The van der Waals surface area contributed by atoms with E-state index in [1.807, 2.05) is 49.4 Å². The molecule has 2 aromatic carbocycles. The molecule has 1 aliphatic carbocycles. The van der Waals surface area contributed by atoms with Crippen molar-refractivity contribution in [2.45, 2.75) is 44.7 Å². The van der Waals surface area contributed by atoms with E-state index in [0.29, 0.717) is 30.2 Å². The van der Waals surface area contributed by atoms with Crippen LogP contribution in [-0.2, 0) is 9.53 Å². The van der Waals surface area contributed by atoms with Crippen molar-refractivity contribution in [1.82, 2.24) is 5.32 Å². The maximum Gasteiger partial charge on any atom is 0.295 e. The molecule has 38 heavy (non-hydrogen) atoms. The molecule has 0 spiro atoms. The highest BCUT2D eigenvalue weighted by Crippen LogP contribution is 2.38. The van der Waals surface area contributed by atoms with Gasteiger partial charge in [0.2, 0.25) is 5.91 Å². The number of hydrogen-bond acceptors (Lipinski definition) is 6. The summed E-state index contributed by atoms with van der Waals surface area (Å²) in [6.45, 7) is 4.95. The number of nitrogens with zero attached hydrogens (tertiary/aromatic N) is 2. The summed E-state index contributed by atoms with van der Waals surface area (Å²) in [7, 11) is 1.56. The zero-order chi connectivity index (χ0) is 26.5. The number of aryl methyl sites for hydroxylation is 1. The summed E-state index contributed by atoms with van der Waals surface area (Å²) >= 11 is 0. The van der Waals surface area contributed by atoms with Gasteiger partial charge in [0.05, 0.1) is 32.3 Å². The van der Waals surface area contributed by atoms with Crippen LogP contribution in [0.15, 0.2) is 65.3 Å². The Bertz CT molecular complexity index is 1230. The monoisotopic (exact) mass is 517 g/mol. The lowest BCUT2D eigenvalue weighted by Gasteiger charge is -2.33. The third kappa shape index (κ3) is 5.55. The molecular formula is C30H35N3O5. The second-order valence-corrected chi connectivity index (χ2v) is 9.91. The first-order chi connectivity index (χ1) is 18.5. The maximum absolute atomic E-state index is 14.1. The fourth-order valence-electron chi connectivity index (χ4n) is 5.33. The molecule has 200 valence electrons. The molecule has 1 aromatic heterocycles. The van der Waals surface area contributed by atoms with Crippen LogP contribution in [0, 0.1) is 6.92 Å². The van der Waals surface area contributed by atoms with E-state index in [1.54, 1.807) is 19.2 Å². The molecule has 1 saturated heterocycles. The summed E-state index contributed by atoms with van der Waals surface area (Å²) in [5, 5.41) is 3.23. The van der Waals surface area contributed by atoms with Crippen LogP contribution >= 0.6 is 0 Å². The number of nitrogens with one attached hydrogen (secondary N) is 1. The number of anilines is 2. The van der Waals surface area contributed by atoms with Gasteiger partial charge < -0.3 is 24.1 Å². The van der Waals surface area contributed by atoms with Crippen LogP contribution in [0.2, 0.25) is 0 Å². The van der Waals surface area contributed by atoms with Gasteiger partial charge in [0.25, 0.3) is 5.91 Å². The van der Waals surface area contributed by atoms with Crippen LogP contribution in [0.3, 0.4) is 0 Å². The molecule has 1 atom stereocenters. The van der Waals surface area contributed by atoms with Gasteiger partial charge in [0.15, 0.2) is 5.76 Å². The van der Waals surface area contributed by atoms with E-state index >= 15 is 0 Å². The van der Waals surface area contributed by atoms with Gasteiger partial charge in [0.1, 0.15) is 11.8 Å². The molecule has 5 rings (SSSR count). The fraction of sp³-hybridized carbons (Fsp3) is 0.400. The second kappa shape index (κ2) is 11.7. The molecule has 0 bridgehead atoms. The van der Waals surface area contributed by atoms with E-state index in [0.717, 1.165) is 50.0 Å². The zero-order valence-electron chi connectivity index (χ0n) is 22.0. The number of rotatable bonds is 8. The third-order valence-corrected chi connectivity index (χ3v) is 7.34. The molecule has 8 nitrogen and oxygen atoms in total. The Kier molecular flexibility index (Phi) is 7.98. The number of methoxy groups -OCH3 is 1. The minimum absolute atomic E-state index is 0.0950. The van der Waals surface area contributed by atoms with Crippen LogP contribution < -0.4 is 19.9 Å². The molecule has 0 unspecified atom stereocenters. The van der Waals surface area contributed by atoms with Crippen molar-refractivity contribution < 1.29 is 23.5 Å². The van der Waals surface area contributed by atoms with Crippen LogP contribution in [0.25, 0.3) is 0 Å². The third-order valence-electron chi connectivity index (χ3n) is 7.34. The summed E-state index contributed by atoms with van der Waals surface area (Å²) in [6.07, 6.45) is 5.52. The quantitative estimate of drug-likeness (QED) is 0.459. The first kappa shape index (κ1) is 25.9. The van der Waals surface area contributed by atoms with Crippen molar-refractivity contribution in [2.75, 3.05) is 43.2 Å². The summed E-state index contributed by atoms with van der Waals surface area (Å²) in [6, 6.07) is 16.0. The summed E-state index contributed by atoms with van der Waals surface area (Å²) in [4.78, 5) is 31.9. The molecule has 1 saturated carbocycles. The van der Waals surface area contributed by atoms with E-state index in [-0.39, 0.29) is 17.7 Å². The lowest BCUT2D eigenvalue weighted by atomic mass is 10.0. The van der Waals surface area contributed by atoms with Gasteiger partial charge in [-0.25, -0.2) is 0 Å². The summed E-state index contributed by atoms with van der Waals surface area (Å²) in [5.41, 5.74) is 3.22. The Balaban J connectivity index is 1.59. The van der Waals surface area contributed by atoms with Gasteiger partial charge in [-0.05, 0) is 67.3 Å². The zero-order valence-corrected chi connectivity index (χ0v) is 22.0. The van der Waals surface area contributed by atoms with Crippen LogP contribution in [0.1, 0.15) is 53.4 Å². The van der Waals surface area contributed by atoms with E-state index in [1.165, 1.54) is 11.2 Å². The SMILES string of the molecule is COc1ccc(C)cc1N(C(=O)c1ccco1)[C@H](C(=O)NC1CCCC1)c1ccc(N2CCOCC2)cc1. The number of carbonyl (C=O) groups is 2. The van der Waals surface area contributed by atoms with Crippen LogP contribution in [-0.4, -0.2) is 51.3 Å². The molecule has 2 aliphatic rings. The molecule has 1 N–H and O–H groups in total. The number of furan rings is 1. The number of benzene rings is 2.